The molecule has 1 saturated carbocycles. The minimum atomic E-state index is -0.294. The molecule has 1 fully saturated rings. The van der Waals surface area contributed by atoms with Gasteiger partial charge < -0.3 is 10.6 Å². The highest BCUT2D eigenvalue weighted by atomic mass is 16.2. The summed E-state index contributed by atoms with van der Waals surface area (Å²) in [6, 6.07) is 0.202. The van der Waals surface area contributed by atoms with Gasteiger partial charge in [-0.2, -0.15) is 0 Å². The Morgan fingerprint density at radius 2 is 2.07 bits per heavy atom. The molecule has 0 radical (unpaired) electrons. The molecule has 1 atom stereocenters. The summed E-state index contributed by atoms with van der Waals surface area (Å²) in [4.78, 5) is 14.0. The van der Waals surface area contributed by atoms with Crippen molar-refractivity contribution in [1.29, 1.82) is 0 Å². The fourth-order valence-electron chi connectivity index (χ4n) is 1.92. The zero-order valence-electron chi connectivity index (χ0n) is 10.2. The summed E-state index contributed by atoms with van der Waals surface area (Å²) in [5.41, 5.74) is 5.92. The molecule has 1 aliphatic carbocycles. The first-order chi connectivity index (χ1) is 7.06. The van der Waals surface area contributed by atoms with Crippen LogP contribution in [-0.4, -0.2) is 29.4 Å². The molecule has 3 heteroatoms. The monoisotopic (exact) mass is 212 g/mol. The Morgan fingerprint density at radius 3 is 2.47 bits per heavy atom. The van der Waals surface area contributed by atoms with Crippen molar-refractivity contribution in [3.63, 3.8) is 0 Å². The maximum absolute atomic E-state index is 12.1. The predicted octanol–water partition coefficient (Wildman–Crippen LogP) is 1.76. The second-order valence-corrected chi connectivity index (χ2v) is 5.00. The van der Waals surface area contributed by atoms with Crippen molar-refractivity contribution in [3.8, 4) is 0 Å². The van der Waals surface area contributed by atoms with Crippen LogP contribution in [0, 0.1) is 5.92 Å². The lowest BCUT2D eigenvalue weighted by atomic mass is 10.0. The van der Waals surface area contributed by atoms with Gasteiger partial charge in [-0.15, -0.1) is 0 Å². The highest BCUT2D eigenvalue weighted by Gasteiger charge is 2.34. The summed E-state index contributed by atoms with van der Waals surface area (Å²) >= 11 is 0. The number of nitrogens with zero attached hydrogens (tertiary/aromatic N) is 1. The fourth-order valence-corrected chi connectivity index (χ4v) is 1.92. The van der Waals surface area contributed by atoms with Crippen LogP contribution in [-0.2, 0) is 4.79 Å². The van der Waals surface area contributed by atoms with Crippen molar-refractivity contribution in [1.82, 2.24) is 4.90 Å². The highest BCUT2D eigenvalue weighted by molar-refractivity contribution is 5.82. The summed E-state index contributed by atoms with van der Waals surface area (Å²) in [5, 5.41) is 0. The number of rotatable bonds is 6. The number of hydrogen-bond acceptors (Lipinski definition) is 2. The van der Waals surface area contributed by atoms with E-state index in [-0.39, 0.29) is 11.9 Å². The Bertz CT molecular complexity index is 212. The van der Waals surface area contributed by atoms with Gasteiger partial charge in [-0.3, -0.25) is 4.79 Å². The molecular weight excluding hydrogens is 188 g/mol. The zero-order chi connectivity index (χ0) is 11.4. The molecule has 15 heavy (non-hydrogen) atoms. The minimum absolute atomic E-state index is 0.160. The van der Waals surface area contributed by atoms with E-state index in [9.17, 15) is 4.79 Å². The normalized spacial score (nSPS) is 17.9. The largest absolute Gasteiger partial charge is 0.338 e. The summed E-state index contributed by atoms with van der Waals surface area (Å²) in [6.07, 6.45) is 4.16. The second kappa shape index (κ2) is 5.50. The molecule has 0 saturated heterocycles. The smallest absolute Gasteiger partial charge is 0.239 e. The van der Waals surface area contributed by atoms with Crippen LogP contribution >= 0.6 is 0 Å². The topological polar surface area (TPSA) is 46.3 Å². The Kier molecular flexibility index (Phi) is 4.58. The minimum Gasteiger partial charge on any atom is -0.338 e. The molecule has 0 aliphatic heterocycles. The van der Waals surface area contributed by atoms with Crippen LogP contribution < -0.4 is 5.73 Å². The van der Waals surface area contributed by atoms with Crippen LogP contribution in [0.5, 0.6) is 0 Å². The van der Waals surface area contributed by atoms with E-state index in [1.165, 1.54) is 12.8 Å². The molecule has 1 aliphatic rings. The zero-order valence-corrected chi connectivity index (χ0v) is 10.2. The maximum atomic E-state index is 12.1. The Labute approximate surface area is 93.0 Å². The van der Waals surface area contributed by atoms with E-state index in [2.05, 4.69) is 20.8 Å². The van der Waals surface area contributed by atoms with Gasteiger partial charge in [0.2, 0.25) is 5.91 Å². The molecule has 1 rings (SSSR count). The predicted molar refractivity (Wildman–Crippen MR) is 62.5 cm³/mol. The van der Waals surface area contributed by atoms with Gasteiger partial charge in [-0.1, -0.05) is 20.8 Å². The average molecular weight is 212 g/mol. The lowest BCUT2D eigenvalue weighted by molar-refractivity contribution is -0.133. The van der Waals surface area contributed by atoms with Crippen molar-refractivity contribution in [2.24, 2.45) is 11.7 Å². The molecule has 0 aromatic carbocycles. The SMILES string of the molecule is CCCN(C(=O)[C@@H](N)CC(C)C)C1CC1. The van der Waals surface area contributed by atoms with Crippen molar-refractivity contribution >= 4 is 5.91 Å². The van der Waals surface area contributed by atoms with E-state index < -0.39 is 0 Å². The molecular formula is C12H24N2O. The Balaban J connectivity index is 2.47. The van der Waals surface area contributed by atoms with E-state index in [1.54, 1.807) is 0 Å². The fraction of sp³-hybridized carbons (Fsp3) is 0.917. The standard InChI is InChI=1S/C12H24N2O/c1-4-7-14(10-5-6-10)12(15)11(13)8-9(2)3/h9-11H,4-8,13H2,1-3H3/t11-/m0/s1. The first-order valence-electron chi connectivity index (χ1n) is 6.12. The Hall–Kier alpha value is -0.570. The van der Waals surface area contributed by atoms with Crippen LogP contribution in [0.25, 0.3) is 0 Å². The number of carbonyl (C=O) groups excluding carboxylic acids is 1. The van der Waals surface area contributed by atoms with Gasteiger partial charge in [0.15, 0.2) is 0 Å². The maximum Gasteiger partial charge on any atom is 0.239 e. The molecule has 0 unspecified atom stereocenters. The third-order valence-corrected chi connectivity index (χ3v) is 2.78. The summed E-state index contributed by atoms with van der Waals surface area (Å²) in [6.45, 7) is 7.19. The number of amides is 1. The summed E-state index contributed by atoms with van der Waals surface area (Å²) in [7, 11) is 0. The molecule has 0 aromatic rings. The quantitative estimate of drug-likeness (QED) is 0.729. The summed E-state index contributed by atoms with van der Waals surface area (Å²) in [5.74, 6) is 0.652. The van der Waals surface area contributed by atoms with Crippen molar-refractivity contribution in [3.05, 3.63) is 0 Å². The molecule has 2 N–H and O–H groups in total. The average Bonchev–Trinajstić information content (AvgIpc) is 2.95. The van der Waals surface area contributed by atoms with Crippen LogP contribution in [0.2, 0.25) is 0 Å². The van der Waals surface area contributed by atoms with E-state index in [4.69, 9.17) is 5.73 Å². The number of carbonyl (C=O) groups is 1. The third-order valence-electron chi connectivity index (χ3n) is 2.78. The van der Waals surface area contributed by atoms with Crippen molar-refractivity contribution in [2.75, 3.05) is 6.54 Å². The first-order valence-corrected chi connectivity index (χ1v) is 6.12. The highest BCUT2D eigenvalue weighted by Crippen LogP contribution is 2.27. The lowest BCUT2D eigenvalue weighted by Gasteiger charge is -2.25. The van der Waals surface area contributed by atoms with Gasteiger partial charge in [-0.05, 0) is 31.6 Å². The van der Waals surface area contributed by atoms with E-state index in [1.807, 2.05) is 4.90 Å². The first kappa shape index (κ1) is 12.5. The molecule has 3 nitrogen and oxygen atoms in total. The van der Waals surface area contributed by atoms with Crippen LogP contribution in [0.4, 0.5) is 0 Å². The van der Waals surface area contributed by atoms with Crippen LogP contribution in [0.1, 0.15) is 46.5 Å². The molecule has 0 heterocycles. The van der Waals surface area contributed by atoms with Gasteiger partial charge in [0.1, 0.15) is 0 Å². The molecule has 1 amide bonds. The third kappa shape index (κ3) is 3.82. The van der Waals surface area contributed by atoms with Gasteiger partial charge in [-0.25, -0.2) is 0 Å². The lowest BCUT2D eigenvalue weighted by Crippen LogP contribution is -2.45. The Morgan fingerprint density at radius 1 is 1.47 bits per heavy atom. The molecule has 0 bridgehead atoms. The molecule has 0 spiro atoms. The number of nitrogens with two attached hydrogens (primary N) is 1. The van der Waals surface area contributed by atoms with E-state index >= 15 is 0 Å². The van der Waals surface area contributed by atoms with Gasteiger partial charge in [0, 0.05) is 12.6 Å². The summed E-state index contributed by atoms with van der Waals surface area (Å²) < 4.78 is 0. The van der Waals surface area contributed by atoms with E-state index in [0.29, 0.717) is 12.0 Å². The van der Waals surface area contributed by atoms with Gasteiger partial charge in [0.05, 0.1) is 6.04 Å². The number of hydrogen-bond donors (Lipinski definition) is 1. The van der Waals surface area contributed by atoms with Crippen molar-refractivity contribution in [2.45, 2.75) is 58.5 Å². The van der Waals surface area contributed by atoms with Crippen LogP contribution in [0.3, 0.4) is 0 Å². The molecule has 88 valence electrons. The van der Waals surface area contributed by atoms with Crippen molar-refractivity contribution < 1.29 is 4.79 Å². The van der Waals surface area contributed by atoms with Crippen LogP contribution in [0.15, 0.2) is 0 Å². The second-order valence-electron chi connectivity index (χ2n) is 5.00. The van der Waals surface area contributed by atoms with Gasteiger partial charge in [0.25, 0.3) is 0 Å². The van der Waals surface area contributed by atoms with Gasteiger partial charge >= 0.3 is 0 Å². The molecule has 0 aromatic heterocycles. The van der Waals surface area contributed by atoms with E-state index in [0.717, 1.165) is 19.4 Å².